The molecule has 0 radical (unpaired) electrons. The quantitative estimate of drug-likeness (QED) is 0.759. The highest BCUT2D eigenvalue weighted by atomic mass is 16.2. The summed E-state index contributed by atoms with van der Waals surface area (Å²) in [6, 6.07) is 6.93. The maximum absolute atomic E-state index is 12.7. The lowest BCUT2D eigenvalue weighted by Crippen LogP contribution is -2.47. The topological polar surface area (TPSA) is 60.9 Å². The number of benzene rings is 1. The number of nitrogens with zero attached hydrogens (tertiary/aromatic N) is 3. The van der Waals surface area contributed by atoms with E-state index in [0.717, 1.165) is 51.9 Å². The smallest absolute Gasteiger partial charge is 0.253 e. The zero-order chi connectivity index (χ0) is 18.3. The lowest BCUT2D eigenvalue weighted by Gasteiger charge is -2.32. The summed E-state index contributed by atoms with van der Waals surface area (Å²) in [7, 11) is 2.05. The molecule has 6 heteroatoms. The standard InChI is InChI=1S/C20H25N3O3/c1-21-10-12-22(13-11-21)18(24)14-6-8-15(9-7-14)23-19(25)16-4-2-3-5-17(16)20(23)26/h6-9,16-17H,2-5,10-13H2,1H3. The summed E-state index contributed by atoms with van der Waals surface area (Å²) in [6.45, 7) is 3.21. The Labute approximate surface area is 153 Å². The van der Waals surface area contributed by atoms with Gasteiger partial charge in [-0.25, -0.2) is 0 Å². The Hall–Kier alpha value is -2.21. The molecule has 0 aromatic heterocycles. The second-order valence-electron chi connectivity index (χ2n) is 7.65. The first-order chi connectivity index (χ1) is 12.6. The van der Waals surface area contributed by atoms with Gasteiger partial charge in [-0.05, 0) is 44.2 Å². The number of hydrogen-bond donors (Lipinski definition) is 0. The molecule has 2 atom stereocenters. The van der Waals surface area contributed by atoms with Crippen LogP contribution in [0.15, 0.2) is 24.3 Å². The number of imide groups is 1. The number of carbonyl (C=O) groups is 3. The number of fused-ring (bicyclic) bond motifs is 1. The molecule has 26 heavy (non-hydrogen) atoms. The van der Waals surface area contributed by atoms with Crippen LogP contribution in [-0.2, 0) is 9.59 Å². The van der Waals surface area contributed by atoms with Crippen molar-refractivity contribution >= 4 is 23.4 Å². The van der Waals surface area contributed by atoms with E-state index in [9.17, 15) is 14.4 Å². The van der Waals surface area contributed by atoms with Crippen molar-refractivity contribution in [2.75, 3.05) is 38.1 Å². The summed E-state index contributed by atoms with van der Waals surface area (Å²) < 4.78 is 0. The van der Waals surface area contributed by atoms with E-state index in [0.29, 0.717) is 11.3 Å². The SMILES string of the molecule is CN1CCN(C(=O)c2ccc(N3C(=O)C4CCCCC4C3=O)cc2)CC1. The zero-order valence-corrected chi connectivity index (χ0v) is 15.2. The van der Waals surface area contributed by atoms with Crippen molar-refractivity contribution in [3.63, 3.8) is 0 Å². The highest BCUT2D eigenvalue weighted by Gasteiger charge is 2.48. The predicted octanol–water partition coefficient (Wildman–Crippen LogP) is 1.75. The van der Waals surface area contributed by atoms with Gasteiger partial charge in [0.2, 0.25) is 11.8 Å². The molecule has 2 saturated heterocycles. The van der Waals surface area contributed by atoms with Crippen molar-refractivity contribution in [1.82, 2.24) is 9.80 Å². The number of anilines is 1. The van der Waals surface area contributed by atoms with E-state index in [-0.39, 0.29) is 29.6 Å². The van der Waals surface area contributed by atoms with Gasteiger partial charge in [0.05, 0.1) is 17.5 Å². The van der Waals surface area contributed by atoms with Crippen molar-refractivity contribution in [1.29, 1.82) is 0 Å². The van der Waals surface area contributed by atoms with Crippen molar-refractivity contribution in [3.8, 4) is 0 Å². The molecule has 3 fully saturated rings. The van der Waals surface area contributed by atoms with E-state index in [2.05, 4.69) is 11.9 Å². The van der Waals surface area contributed by atoms with Crippen molar-refractivity contribution in [2.24, 2.45) is 11.8 Å². The van der Waals surface area contributed by atoms with Gasteiger partial charge in [-0.15, -0.1) is 0 Å². The van der Waals surface area contributed by atoms with E-state index < -0.39 is 0 Å². The minimum absolute atomic E-state index is 0.0115. The molecule has 1 aliphatic carbocycles. The van der Waals surface area contributed by atoms with Crippen LogP contribution in [0.2, 0.25) is 0 Å². The van der Waals surface area contributed by atoms with E-state index in [1.54, 1.807) is 24.3 Å². The molecular weight excluding hydrogens is 330 g/mol. The maximum atomic E-state index is 12.7. The molecule has 3 aliphatic rings. The van der Waals surface area contributed by atoms with Gasteiger partial charge in [0.15, 0.2) is 0 Å². The number of hydrogen-bond acceptors (Lipinski definition) is 4. The van der Waals surface area contributed by atoms with Crippen LogP contribution >= 0.6 is 0 Å². The first-order valence-corrected chi connectivity index (χ1v) is 9.52. The fourth-order valence-electron chi connectivity index (χ4n) is 4.36. The van der Waals surface area contributed by atoms with Crippen LogP contribution in [0.3, 0.4) is 0 Å². The second kappa shape index (κ2) is 6.83. The minimum atomic E-state index is -0.150. The molecule has 4 rings (SSSR count). The average molecular weight is 355 g/mol. The number of likely N-dealkylation sites (N-methyl/N-ethyl adjacent to an activating group) is 1. The van der Waals surface area contributed by atoms with Crippen molar-refractivity contribution in [2.45, 2.75) is 25.7 Å². The van der Waals surface area contributed by atoms with Crippen LogP contribution in [-0.4, -0.2) is 60.7 Å². The van der Waals surface area contributed by atoms with Crippen molar-refractivity contribution in [3.05, 3.63) is 29.8 Å². The molecule has 2 unspecified atom stereocenters. The predicted molar refractivity (Wildman–Crippen MR) is 97.8 cm³/mol. The second-order valence-corrected chi connectivity index (χ2v) is 7.65. The van der Waals surface area contributed by atoms with E-state index in [1.807, 2.05) is 4.90 Å². The molecule has 6 nitrogen and oxygen atoms in total. The Balaban J connectivity index is 1.50. The van der Waals surface area contributed by atoms with Crippen LogP contribution in [0.25, 0.3) is 0 Å². The fraction of sp³-hybridized carbons (Fsp3) is 0.550. The molecule has 1 aromatic carbocycles. The maximum Gasteiger partial charge on any atom is 0.253 e. The Kier molecular flexibility index (Phi) is 4.53. The third-order valence-corrected chi connectivity index (χ3v) is 6.00. The molecule has 138 valence electrons. The number of piperazine rings is 1. The van der Waals surface area contributed by atoms with Gasteiger partial charge in [0, 0.05) is 31.7 Å². The first-order valence-electron chi connectivity index (χ1n) is 9.52. The Morgan fingerprint density at radius 3 is 1.96 bits per heavy atom. The van der Waals surface area contributed by atoms with Crippen LogP contribution in [0.4, 0.5) is 5.69 Å². The van der Waals surface area contributed by atoms with Crippen LogP contribution in [0, 0.1) is 11.8 Å². The zero-order valence-electron chi connectivity index (χ0n) is 15.2. The highest BCUT2D eigenvalue weighted by Crippen LogP contribution is 2.40. The van der Waals surface area contributed by atoms with Gasteiger partial charge in [-0.2, -0.15) is 0 Å². The van der Waals surface area contributed by atoms with E-state index in [1.165, 1.54) is 4.90 Å². The summed E-state index contributed by atoms with van der Waals surface area (Å²) in [5.74, 6) is -0.432. The van der Waals surface area contributed by atoms with Crippen LogP contribution in [0.5, 0.6) is 0 Å². The molecule has 0 spiro atoms. The van der Waals surface area contributed by atoms with Gasteiger partial charge >= 0.3 is 0 Å². The molecule has 0 bridgehead atoms. The molecule has 1 aromatic rings. The number of amides is 3. The van der Waals surface area contributed by atoms with Gasteiger partial charge in [-0.3, -0.25) is 19.3 Å². The fourth-order valence-corrected chi connectivity index (χ4v) is 4.36. The molecule has 3 amide bonds. The first kappa shape index (κ1) is 17.2. The van der Waals surface area contributed by atoms with Gasteiger partial charge in [0.25, 0.3) is 5.91 Å². The Morgan fingerprint density at radius 2 is 1.42 bits per heavy atom. The molecule has 2 heterocycles. The molecule has 0 N–H and O–H groups in total. The lowest BCUT2D eigenvalue weighted by atomic mass is 9.81. The van der Waals surface area contributed by atoms with E-state index in [4.69, 9.17) is 0 Å². The Morgan fingerprint density at radius 1 is 0.885 bits per heavy atom. The third kappa shape index (κ3) is 2.92. The van der Waals surface area contributed by atoms with Gasteiger partial charge in [0.1, 0.15) is 0 Å². The molecule has 1 saturated carbocycles. The summed E-state index contributed by atoms with van der Waals surface area (Å²) >= 11 is 0. The average Bonchev–Trinajstić information content (AvgIpc) is 2.93. The van der Waals surface area contributed by atoms with Crippen molar-refractivity contribution < 1.29 is 14.4 Å². The molecular formula is C20H25N3O3. The summed E-state index contributed by atoms with van der Waals surface area (Å²) in [5, 5.41) is 0. The minimum Gasteiger partial charge on any atom is -0.336 e. The monoisotopic (exact) mass is 355 g/mol. The normalized spacial score (nSPS) is 27.0. The number of rotatable bonds is 2. The number of carbonyl (C=O) groups excluding carboxylic acids is 3. The third-order valence-electron chi connectivity index (χ3n) is 6.00. The lowest BCUT2D eigenvalue weighted by molar-refractivity contribution is -0.122. The summed E-state index contributed by atoms with van der Waals surface area (Å²) in [4.78, 5) is 43.4. The summed E-state index contributed by atoms with van der Waals surface area (Å²) in [6.07, 6.45) is 3.66. The van der Waals surface area contributed by atoms with Gasteiger partial charge in [-0.1, -0.05) is 12.8 Å². The van der Waals surface area contributed by atoms with Crippen LogP contribution in [0.1, 0.15) is 36.0 Å². The van der Waals surface area contributed by atoms with Crippen LogP contribution < -0.4 is 4.90 Å². The summed E-state index contributed by atoms with van der Waals surface area (Å²) in [5.41, 5.74) is 1.19. The van der Waals surface area contributed by atoms with E-state index >= 15 is 0 Å². The largest absolute Gasteiger partial charge is 0.336 e. The van der Waals surface area contributed by atoms with Gasteiger partial charge < -0.3 is 9.80 Å². The molecule has 2 aliphatic heterocycles. The highest BCUT2D eigenvalue weighted by molar-refractivity contribution is 6.22. The Bertz CT molecular complexity index is 698.